The fourth-order valence-corrected chi connectivity index (χ4v) is 0.866. The highest BCUT2D eigenvalue weighted by atomic mass is 15.2. The van der Waals surface area contributed by atoms with E-state index in [1.807, 2.05) is 26.1 Å². The minimum atomic E-state index is 0.569. The molecule has 0 aromatic carbocycles. The number of nitrogens with zero attached hydrogens (tertiary/aromatic N) is 2. The van der Waals surface area contributed by atoms with E-state index in [-0.39, 0.29) is 0 Å². The molecule has 0 aromatic heterocycles. The lowest BCUT2D eigenvalue weighted by atomic mass is 10.2. The van der Waals surface area contributed by atoms with Gasteiger partial charge in [0.25, 0.3) is 0 Å². The van der Waals surface area contributed by atoms with E-state index in [1.165, 1.54) is 0 Å². The Labute approximate surface area is 76.0 Å². The second kappa shape index (κ2) is 5.81. The van der Waals surface area contributed by atoms with Gasteiger partial charge in [0.2, 0.25) is 0 Å². The summed E-state index contributed by atoms with van der Waals surface area (Å²) in [4.78, 5) is 6.47. The standard InChI is InChI=1S/C10H20N2/c1-6-8-11-10(4)12(5)9(3)7-2/h6,8-9H,7H2,1-5H3. The lowest BCUT2D eigenvalue weighted by molar-refractivity contribution is 0.379. The van der Waals surface area contributed by atoms with Gasteiger partial charge in [-0.25, -0.2) is 4.99 Å². The highest BCUT2D eigenvalue weighted by Crippen LogP contribution is 2.01. The molecule has 70 valence electrons. The number of aliphatic imine (C=N–C) groups is 1. The smallest absolute Gasteiger partial charge is 0.101 e. The molecular formula is C10H20N2. The SMILES string of the molecule is CC=CN=C(C)N(C)C(C)CC. The Bertz CT molecular complexity index is 171. The van der Waals surface area contributed by atoms with Crippen molar-refractivity contribution in [1.82, 2.24) is 4.90 Å². The predicted molar refractivity (Wildman–Crippen MR) is 55.4 cm³/mol. The first-order chi connectivity index (χ1) is 5.63. The molecule has 0 N–H and O–H groups in total. The maximum Gasteiger partial charge on any atom is 0.101 e. The van der Waals surface area contributed by atoms with Crippen molar-refractivity contribution in [2.75, 3.05) is 7.05 Å². The van der Waals surface area contributed by atoms with Crippen molar-refractivity contribution in [2.45, 2.75) is 40.2 Å². The molecule has 0 aliphatic carbocycles. The van der Waals surface area contributed by atoms with Crippen molar-refractivity contribution >= 4 is 5.84 Å². The minimum absolute atomic E-state index is 0.569. The van der Waals surface area contributed by atoms with Gasteiger partial charge in [-0.3, -0.25) is 0 Å². The molecule has 12 heavy (non-hydrogen) atoms. The Morgan fingerprint density at radius 3 is 2.58 bits per heavy atom. The molecule has 1 atom stereocenters. The van der Waals surface area contributed by atoms with Crippen LogP contribution in [0.15, 0.2) is 17.3 Å². The van der Waals surface area contributed by atoms with Crippen molar-refractivity contribution in [3.8, 4) is 0 Å². The molecule has 0 aromatic rings. The normalized spacial score (nSPS) is 15.2. The first kappa shape index (κ1) is 11.2. The van der Waals surface area contributed by atoms with Crippen LogP contribution in [0.3, 0.4) is 0 Å². The first-order valence-corrected chi connectivity index (χ1v) is 4.51. The maximum absolute atomic E-state index is 4.27. The van der Waals surface area contributed by atoms with Crippen LogP contribution in [0, 0.1) is 0 Å². The third-order valence-electron chi connectivity index (χ3n) is 2.17. The summed E-state index contributed by atoms with van der Waals surface area (Å²) in [5, 5.41) is 0. The number of allylic oxidation sites excluding steroid dienone is 1. The van der Waals surface area contributed by atoms with Crippen LogP contribution >= 0.6 is 0 Å². The fourth-order valence-electron chi connectivity index (χ4n) is 0.866. The summed E-state index contributed by atoms with van der Waals surface area (Å²) in [5.74, 6) is 1.07. The molecule has 2 heteroatoms. The van der Waals surface area contributed by atoms with Gasteiger partial charge in [0.05, 0.1) is 0 Å². The highest BCUT2D eigenvalue weighted by molar-refractivity contribution is 5.80. The zero-order chi connectivity index (χ0) is 9.56. The Hall–Kier alpha value is -0.790. The zero-order valence-corrected chi connectivity index (χ0v) is 8.83. The van der Waals surface area contributed by atoms with Crippen LogP contribution in [0.25, 0.3) is 0 Å². The van der Waals surface area contributed by atoms with Gasteiger partial charge in [0.15, 0.2) is 0 Å². The zero-order valence-electron chi connectivity index (χ0n) is 8.83. The summed E-state index contributed by atoms with van der Waals surface area (Å²) in [6.45, 7) is 8.39. The summed E-state index contributed by atoms with van der Waals surface area (Å²) in [7, 11) is 2.08. The third-order valence-corrected chi connectivity index (χ3v) is 2.17. The van der Waals surface area contributed by atoms with Gasteiger partial charge in [-0.05, 0) is 27.2 Å². The summed E-state index contributed by atoms with van der Waals surface area (Å²) in [6, 6.07) is 0.569. The van der Waals surface area contributed by atoms with E-state index in [0.29, 0.717) is 6.04 Å². The molecule has 0 aliphatic rings. The molecule has 0 aliphatic heterocycles. The van der Waals surface area contributed by atoms with Gasteiger partial charge in [0.1, 0.15) is 5.84 Å². The Morgan fingerprint density at radius 1 is 1.58 bits per heavy atom. The van der Waals surface area contributed by atoms with E-state index in [0.717, 1.165) is 12.3 Å². The number of rotatable bonds is 3. The first-order valence-electron chi connectivity index (χ1n) is 4.51. The Balaban J connectivity index is 4.17. The van der Waals surface area contributed by atoms with Crippen LogP contribution in [0.4, 0.5) is 0 Å². The Morgan fingerprint density at radius 2 is 2.17 bits per heavy atom. The topological polar surface area (TPSA) is 15.6 Å². The molecule has 0 fully saturated rings. The molecule has 0 amide bonds. The van der Waals surface area contributed by atoms with Crippen LogP contribution in [-0.2, 0) is 0 Å². The molecule has 0 rings (SSSR count). The van der Waals surface area contributed by atoms with Gasteiger partial charge in [-0.1, -0.05) is 13.0 Å². The van der Waals surface area contributed by atoms with Crippen molar-refractivity contribution in [3.63, 3.8) is 0 Å². The van der Waals surface area contributed by atoms with Crippen LogP contribution in [0.1, 0.15) is 34.1 Å². The van der Waals surface area contributed by atoms with E-state index in [2.05, 4.69) is 30.8 Å². The number of hydrogen-bond donors (Lipinski definition) is 0. The summed E-state index contributed by atoms with van der Waals surface area (Å²) >= 11 is 0. The van der Waals surface area contributed by atoms with Crippen molar-refractivity contribution in [3.05, 3.63) is 12.3 Å². The molecular weight excluding hydrogens is 148 g/mol. The quantitative estimate of drug-likeness (QED) is 0.467. The van der Waals surface area contributed by atoms with Crippen molar-refractivity contribution in [2.24, 2.45) is 4.99 Å². The Kier molecular flexibility index (Phi) is 5.43. The molecule has 0 bridgehead atoms. The average Bonchev–Trinajstić information content (AvgIpc) is 2.11. The number of hydrogen-bond acceptors (Lipinski definition) is 1. The van der Waals surface area contributed by atoms with E-state index in [4.69, 9.17) is 0 Å². The fraction of sp³-hybridized carbons (Fsp3) is 0.700. The second-order valence-electron chi connectivity index (χ2n) is 3.03. The number of amidine groups is 1. The average molecular weight is 168 g/mol. The van der Waals surface area contributed by atoms with E-state index in [1.54, 1.807) is 0 Å². The monoisotopic (exact) mass is 168 g/mol. The largest absolute Gasteiger partial charge is 0.361 e. The predicted octanol–water partition coefficient (Wildman–Crippen LogP) is 2.67. The van der Waals surface area contributed by atoms with E-state index in [9.17, 15) is 0 Å². The van der Waals surface area contributed by atoms with Gasteiger partial charge in [0, 0.05) is 19.3 Å². The lowest BCUT2D eigenvalue weighted by Crippen LogP contribution is -2.32. The third kappa shape index (κ3) is 3.56. The van der Waals surface area contributed by atoms with Crippen LogP contribution in [-0.4, -0.2) is 23.8 Å². The van der Waals surface area contributed by atoms with Crippen LogP contribution in [0.2, 0.25) is 0 Å². The molecule has 1 unspecified atom stereocenters. The van der Waals surface area contributed by atoms with E-state index >= 15 is 0 Å². The second-order valence-corrected chi connectivity index (χ2v) is 3.03. The van der Waals surface area contributed by atoms with E-state index < -0.39 is 0 Å². The molecule has 0 saturated carbocycles. The van der Waals surface area contributed by atoms with Crippen LogP contribution < -0.4 is 0 Å². The lowest BCUT2D eigenvalue weighted by Gasteiger charge is -2.24. The van der Waals surface area contributed by atoms with Crippen molar-refractivity contribution < 1.29 is 0 Å². The van der Waals surface area contributed by atoms with Gasteiger partial charge in [-0.15, -0.1) is 0 Å². The van der Waals surface area contributed by atoms with Crippen molar-refractivity contribution in [1.29, 1.82) is 0 Å². The molecule has 0 heterocycles. The molecule has 0 saturated heterocycles. The highest BCUT2D eigenvalue weighted by Gasteiger charge is 2.06. The van der Waals surface area contributed by atoms with Crippen LogP contribution in [0.5, 0.6) is 0 Å². The summed E-state index contributed by atoms with van der Waals surface area (Å²) in [6.07, 6.45) is 4.92. The van der Waals surface area contributed by atoms with Gasteiger partial charge >= 0.3 is 0 Å². The molecule has 0 spiro atoms. The minimum Gasteiger partial charge on any atom is -0.361 e. The molecule has 2 nitrogen and oxygen atoms in total. The molecule has 0 radical (unpaired) electrons. The summed E-state index contributed by atoms with van der Waals surface area (Å²) < 4.78 is 0. The van der Waals surface area contributed by atoms with Gasteiger partial charge < -0.3 is 4.90 Å². The summed E-state index contributed by atoms with van der Waals surface area (Å²) in [5.41, 5.74) is 0. The van der Waals surface area contributed by atoms with Gasteiger partial charge in [-0.2, -0.15) is 0 Å². The maximum atomic E-state index is 4.27.